The molecule has 162 valence electrons. The number of aryl methyl sites for hydroxylation is 1. The molecule has 0 saturated heterocycles. The molecule has 1 fully saturated rings. The van der Waals surface area contributed by atoms with Gasteiger partial charge in [-0.1, -0.05) is 49.6 Å². The van der Waals surface area contributed by atoms with Gasteiger partial charge in [-0.2, -0.15) is 0 Å². The van der Waals surface area contributed by atoms with Crippen LogP contribution in [0.15, 0.2) is 30.3 Å². The topological polar surface area (TPSA) is 62.4 Å². The number of benzene rings is 1. The first kappa shape index (κ1) is 22.1. The second kappa shape index (κ2) is 10.5. The first-order chi connectivity index (χ1) is 14.5. The number of rotatable bonds is 8. The molecule has 0 atom stereocenters. The van der Waals surface area contributed by atoms with Crippen LogP contribution in [0.4, 0.5) is 0 Å². The van der Waals surface area contributed by atoms with E-state index in [-0.39, 0.29) is 17.8 Å². The smallest absolute Gasteiger partial charge is 0.355 e. The molecule has 1 amide bonds. The van der Waals surface area contributed by atoms with Crippen molar-refractivity contribution in [1.82, 2.24) is 9.88 Å². The van der Waals surface area contributed by atoms with Crippen molar-refractivity contribution in [2.24, 2.45) is 5.92 Å². The highest BCUT2D eigenvalue weighted by atomic mass is 16.5. The van der Waals surface area contributed by atoms with E-state index in [9.17, 15) is 9.59 Å². The van der Waals surface area contributed by atoms with Crippen LogP contribution in [-0.4, -0.2) is 34.9 Å². The third-order valence-electron chi connectivity index (χ3n) is 6.20. The van der Waals surface area contributed by atoms with E-state index in [2.05, 4.69) is 17.1 Å². The van der Waals surface area contributed by atoms with Crippen LogP contribution in [0.5, 0.6) is 0 Å². The summed E-state index contributed by atoms with van der Waals surface area (Å²) >= 11 is 0. The number of esters is 1. The lowest BCUT2D eigenvalue weighted by atomic mass is 9.88. The van der Waals surface area contributed by atoms with Gasteiger partial charge in [-0.15, -0.1) is 0 Å². The molecule has 1 aromatic carbocycles. The molecule has 1 N–H and O–H groups in total. The van der Waals surface area contributed by atoms with Crippen LogP contribution in [0.1, 0.15) is 71.9 Å². The first-order valence-corrected chi connectivity index (χ1v) is 11.2. The number of amides is 1. The van der Waals surface area contributed by atoms with Gasteiger partial charge >= 0.3 is 5.97 Å². The van der Waals surface area contributed by atoms with Gasteiger partial charge in [0.2, 0.25) is 5.91 Å². The first-order valence-electron chi connectivity index (χ1n) is 11.2. The lowest BCUT2D eigenvalue weighted by Crippen LogP contribution is -2.38. The minimum atomic E-state index is -0.334. The molecular weight excluding hydrogens is 376 g/mol. The van der Waals surface area contributed by atoms with Crippen molar-refractivity contribution in [2.45, 2.75) is 65.8 Å². The molecule has 1 heterocycles. The van der Waals surface area contributed by atoms with E-state index >= 15 is 0 Å². The van der Waals surface area contributed by atoms with Gasteiger partial charge in [-0.05, 0) is 56.7 Å². The average molecular weight is 411 g/mol. The number of ether oxygens (including phenoxy) is 1. The van der Waals surface area contributed by atoms with Crippen LogP contribution in [0.3, 0.4) is 0 Å². The van der Waals surface area contributed by atoms with Gasteiger partial charge in [0.05, 0.1) is 6.61 Å². The van der Waals surface area contributed by atoms with Crippen LogP contribution in [0, 0.1) is 19.8 Å². The maximum atomic E-state index is 13.4. The molecule has 1 aromatic heterocycles. The van der Waals surface area contributed by atoms with E-state index in [1.54, 1.807) is 6.92 Å². The number of H-pyrrole nitrogens is 1. The van der Waals surface area contributed by atoms with Gasteiger partial charge in [0.1, 0.15) is 5.69 Å². The molecule has 5 nitrogen and oxygen atoms in total. The molecule has 0 radical (unpaired) electrons. The zero-order valence-electron chi connectivity index (χ0n) is 18.5. The van der Waals surface area contributed by atoms with Crippen molar-refractivity contribution in [3.8, 4) is 0 Å². The summed E-state index contributed by atoms with van der Waals surface area (Å²) in [5, 5.41) is 0. The molecule has 30 heavy (non-hydrogen) atoms. The van der Waals surface area contributed by atoms with Gasteiger partial charge in [-0.25, -0.2) is 4.79 Å². The van der Waals surface area contributed by atoms with Gasteiger partial charge in [0.25, 0.3) is 0 Å². The molecule has 1 saturated carbocycles. The van der Waals surface area contributed by atoms with Crippen molar-refractivity contribution in [3.63, 3.8) is 0 Å². The molecule has 3 rings (SSSR count). The summed E-state index contributed by atoms with van der Waals surface area (Å²) in [6, 6.07) is 10.3. The normalized spacial score (nSPS) is 14.5. The number of hydrogen-bond donors (Lipinski definition) is 1. The Kier molecular flexibility index (Phi) is 7.72. The molecule has 1 aliphatic rings. The highest BCUT2D eigenvalue weighted by Gasteiger charge is 2.28. The minimum absolute atomic E-state index is 0.124. The van der Waals surface area contributed by atoms with Crippen molar-refractivity contribution >= 4 is 11.9 Å². The Morgan fingerprint density at radius 2 is 1.80 bits per heavy atom. The molecule has 0 bridgehead atoms. The van der Waals surface area contributed by atoms with Crippen molar-refractivity contribution in [2.75, 3.05) is 13.2 Å². The van der Waals surface area contributed by atoms with E-state index < -0.39 is 0 Å². The molecule has 0 spiro atoms. The summed E-state index contributed by atoms with van der Waals surface area (Å²) in [6.07, 6.45) is 6.30. The average Bonchev–Trinajstić information content (AvgIpc) is 3.05. The zero-order chi connectivity index (χ0) is 21.5. The SMILES string of the molecule is CCOC(=O)c1[nH]c(C)c(CN(CCc2ccccc2)C(=O)C2CCCCC2)c1C. The maximum Gasteiger partial charge on any atom is 0.355 e. The molecule has 0 unspecified atom stereocenters. The summed E-state index contributed by atoms with van der Waals surface area (Å²) in [7, 11) is 0. The Labute approximate surface area is 179 Å². The quantitative estimate of drug-likeness (QED) is 0.626. The Morgan fingerprint density at radius 3 is 2.47 bits per heavy atom. The van der Waals surface area contributed by atoms with Crippen LogP contribution >= 0.6 is 0 Å². The van der Waals surface area contributed by atoms with E-state index in [0.29, 0.717) is 25.4 Å². The molecule has 1 aliphatic carbocycles. The van der Waals surface area contributed by atoms with E-state index in [0.717, 1.165) is 48.9 Å². The number of aromatic nitrogens is 1. The number of aromatic amines is 1. The molecule has 5 heteroatoms. The van der Waals surface area contributed by atoms with E-state index in [1.165, 1.54) is 12.0 Å². The molecule has 2 aromatic rings. The van der Waals surface area contributed by atoms with Crippen molar-refractivity contribution in [1.29, 1.82) is 0 Å². The highest BCUT2D eigenvalue weighted by molar-refractivity contribution is 5.90. The Morgan fingerprint density at radius 1 is 1.10 bits per heavy atom. The van der Waals surface area contributed by atoms with Crippen LogP contribution in [-0.2, 0) is 22.5 Å². The predicted octanol–water partition coefficient (Wildman–Crippen LogP) is 4.96. The lowest BCUT2D eigenvalue weighted by molar-refractivity contribution is -0.137. The molecule has 0 aliphatic heterocycles. The molecular formula is C25H34N2O3. The second-order valence-electron chi connectivity index (χ2n) is 8.28. The van der Waals surface area contributed by atoms with Gasteiger partial charge in [0.15, 0.2) is 0 Å². The third kappa shape index (κ3) is 5.32. The maximum absolute atomic E-state index is 13.4. The van der Waals surface area contributed by atoms with Gasteiger partial charge in [-0.3, -0.25) is 4.79 Å². The van der Waals surface area contributed by atoms with Gasteiger partial charge < -0.3 is 14.6 Å². The fraction of sp³-hybridized carbons (Fsp3) is 0.520. The number of nitrogens with one attached hydrogen (secondary N) is 1. The number of nitrogens with zero attached hydrogens (tertiary/aromatic N) is 1. The Bertz CT molecular complexity index is 851. The zero-order valence-corrected chi connectivity index (χ0v) is 18.5. The number of hydrogen-bond acceptors (Lipinski definition) is 3. The lowest BCUT2D eigenvalue weighted by Gasteiger charge is -2.30. The van der Waals surface area contributed by atoms with Crippen LogP contribution in [0.2, 0.25) is 0 Å². The Balaban J connectivity index is 1.81. The Hall–Kier alpha value is -2.56. The summed E-state index contributed by atoms with van der Waals surface area (Å²) in [5.74, 6) is 0.0423. The van der Waals surface area contributed by atoms with Crippen LogP contribution < -0.4 is 0 Å². The monoisotopic (exact) mass is 410 g/mol. The summed E-state index contributed by atoms with van der Waals surface area (Å²) in [6.45, 7) is 7.25. The summed E-state index contributed by atoms with van der Waals surface area (Å²) in [4.78, 5) is 30.9. The van der Waals surface area contributed by atoms with E-state index in [1.807, 2.05) is 36.9 Å². The largest absolute Gasteiger partial charge is 0.461 e. The summed E-state index contributed by atoms with van der Waals surface area (Å²) in [5.41, 5.74) is 4.56. The van der Waals surface area contributed by atoms with Gasteiger partial charge in [0, 0.05) is 24.7 Å². The predicted molar refractivity (Wildman–Crippen MR) is 118 cm³/mol. The fourth-order valence-electron chi connectivity index (χ4n) is 4.41. The number of carbonyl (C=O) groups excluding carboxylic acids is 2. The second-order valence-corrected chi connectivity index (χ2v) is 8.28. The third-order valence-corrected chi connectivity index (χ3v) is 6.20. The highest BCUT2D eigenvalue weighted by Crippen LogP contribution is 2.27. The standard InChI is InChI=1S/C25H34N2O3/c1-4-30-25(29)23-18(2)22(19(3)26-23)17-27(16-15-20-11-7-5-8-12-20)24(28)21-13-9-6-10-14-21/h5,7-8,11-12,21,26H,4,6,9-10,13-17H2,1-3H3. The van der Waals surface area contributed by atoms with Crippen LogP contribution in [0.25, 0.3) is 0 Å². The number of carbonyl (C=O) groups is 2. The van der Waals surface area contributed by atoms with Crippen molar-refractivity contribution < 1.29 is 14.3 Å². The fourth-order valence-corrected chi connectivity index (χ4v) is 4.41. The minimum Gasteiger partial charge on any atom is -0.461 e. The van der Waals surface area contributed by atoms with Crippen molar-refractivity contribution in [3.05, 3.63) is 58.4 Å². The summed E-state index contributed by atoms with van der Waals surface area (Å²) < 4.78 is 5.18. The van der Waals surface area contributed by atoms with E-state index in [4.69, 9.17) is 4.74 Å².